The van der Waals surface area contributed by atoms with E-state index in [4.69, 9.17) is 5.73 Å². The van der Waals surface area contributed by atoms with Crippen LogP contribution in [-0.4, -0.2) is 20.7 Å². The molecule has 1 amide bonds. The predicted molar refractivity (Wildman–Crippen MR) is 167 cm³/mol. The Hall–Kier alpha value is -4.79. The standard InChI is InChI=1S/C33H30N6OS/c1-5-39-28-9-7-6-8-24(28)25-16-23(14-15-29(25)39)37-32(40)20(4)41-33-27(18-35)30(26(17-34)31(36)38-33)22-12-10-21(11-13-22)19(2)3/h6-16,19-20H,5H2,1-4H3,(H2,36,38)(H,37,40). The van der Waals surface area contributed by atoms with Crippen LogP contribution in [0.2, 0.25) is 0 Å². The van der Waals surface area contributed by atoms with E-state index in [1.165, 1.54) is 0 Å². The van der Waals surface area contributed by atoms with Crippen LogP contribution in [0, 0.1) is 22.7 Å². The van der Waals surface area contributed by atoms with Gasteiger partial charge < -0.3 is 15.6 Å². The molecule has 0 spiro atoms. The van der Waals surface area contributed by atoms with E-state index in [-0.39, 0.29) is 22.9 Å². The van der Waals surface area contributed by atoms with Gasteiger partial charge in [-0.15, -0.1) is 0 Å². The van der Waals surface area contributed by atoms with Crippen molar-refractivity contribution in [1.29, 1.82) is 10.5 Å². The van der Waals surface area contributed by atoms with E-state index in [0.717, 1.165) is 45.7 Å². The highest BCUT2D eigenvalue weighted by Gasteiger charge is 2.24. The Morgan fingerprint density at radius 1 is 0.976 bits per heavy atom. The third-order valence-electron chi connectivity index (χ3n) is 7.30. The van der Waals surface area contributed by atoms with Crippen molar-refractivity contribution in [3.8, 4) is 23.3 Å². The lowest BCUT2D eigenvalue weighted by molar-refractivity contribution is -0.115. The quantitative estimate of drug-likeness (QED) is 0.200. The number of nitriles is 2. The number of benzene rings is 3. The molecule has 5 rings (SSSR count). The third-order valence-corrected chi connectivity index (χ3v) is 8.38. The van der Waals surface area contributed by atoms with E-state index in [1.807, 2.05) is 54.6 Å². The number of hydrogen-bond donors (Lipinski definition) is 2. The van der Waals surface area contributed by atoms with E-state index in [0.29, 0.717) is 27.8 Å². The highest BCUT2D eigenvalue weighted by atomic mass is 32.2. The zero-order valence-electron chi connectivity index (χ0n) is 23.4. The van der Waals surface area contributed by atoms with Crippen molar-refractivity contribution in [2.45, 2.75) is 50.4 Å². The Labute approximate surface area is 243 Å². The van der Waals surface area contributed by atoms with Gasteiger partial charge in [-0.2, -0.15) is 10.5 Å². The molecule has 1 unspecified atom stereocenters. The number of fused-ring (bicyclic) bond motifs is 3. The Morgan fingerprint density at radius 2 is 1.66 bits per heavy atom. The molecule has 204 valence electrons. The van der Waals surface area contributed by atoms with Crippen LogP contribution >= 0.6 is 11.8 Å². The molecule has 8 heteroatoms. The number of para-hydroxylation sites is 1. The average Bonchev–Trinajstić information content (AvgIpc) is 3.29. The summed E-state index contributed by atoms with van der Waals surface area (Å²) in [5.74, 6) is 0.140. The molecule has 41 heavy (non-hydrogen) atoms. The van der Waals surface area contributed by atoms with E-state index in [9.17, 15) is 15.3 Å². The number of carbonyl (C=O) groups excluding carboxylic acids is 1. The van der Waals surface area contributed by atoms with Crippen LogP contribution in [0.4, 0.5) is 11.5 Å². The molecule has 0 saturated carbocycles. The topological polar surface area (TPSA) is 121 Å². The molecule has 7 nitrogen and oxygen atoms in total. The van der Waals surface area contributed by atoms with Crippen LogP contribution in [0.3, 0.4) is 0 Å². The van der Waals surface area contributed by atoms with E-state index in [1.54, 1.807) is 6.92 Å². The maximum Gasteiger partial charge on any atom is 0.237 e. The number of nitrogens with zero attached hydrogens (tertiary/aromatic N) is 4. The van der Waals surface area contributed by atoms with Gasteiger partial charge in [0.2, 0.25) is 5.91 Å². The molecule has 5 aromatic rings. The number of aryl methyl sites for hydroxylation is 1. The molecule has 2 aromatic heterocycles. The number of rotatable bonds is 7. The molecule has 0 radical (unpaired) electrons. The first-order chi connectivity index (χ1) is 19.8. The minimum atomic E-state index is -0.592. The smallest absolute Gasteiger partial charge is 0.237 e. The van der Waals surface area contributed by atoms with Crippen molar-refractivity contribution in [2.75, 3.05) is 11.1 Å². The fourth-order valence-electron chi connectivity index (χ4n) is 5.14. The lowest BCUT2D eigenvalue weighted by atomic mass is 9.94. The number of nitrogen functional groups attached to an aromatic ring is 1. The summed E-state index contributed by atoms with van der Waals surface area (Å²) in [5, 5.41) is 25.0. The molecule has 0 aliphatic rings. The van der Waals surface area contributed by atoms with Crippen LogP contribution in [-0.2, 0) is 11.3 Å². The summed E-state index contributed by atoms with van der Waals surface area (Å²) in [6, 6.07) is 26.2. The van der Waals surface area contributed by atoms with Crippen LogP contribution in [0.5, 0.6) is 0 Å². The molecule has 0 aliphatic heterocycles. The Bertz CT molecular complexity index is 1880. The van der Waals surface area contributed by atoms with Crippen LogP contribution in [0.25, 0.3) is 32.9 Å². The third kappa shape index (κ3) is 5.11. The number of pyridine rings is 1. The molecule has 1 atom stereocenters. The number of nitrogens with one attached hydrogen (secondary N) is 1. The van der Waals surface area contributed by atoms with Gasteiger partial charge in [0, 0.05) is 39.6 Å². The molecular weight excluding hydrogens is 528 g/mol. The minimum absolute atomic E-state index is 0.0299. The fraction of sp³-hybridized carbons (Fsp3) is 0.212. The second-order valence-corrected chi connectivity index (χ2v) is 11.5. The monoisotopic (exact) mass is 558 g/mol. The van der Waals surface area contributed by atoms with Gasteiger partial charge in [0.1, 0.15) is 28.5 Å². The maximum absolute atomic E-state index is 13.3. The predicted octanol–water partition coefficient (Wildman–Crippen LogP) is 7.44. The normalized spacial score (nSPS) is 11.9. The van der Waals surface area contributed by atoms with E-state index >= 15 is 0 Å². The van der Waals surface area contributed by atoms with Gasteiger partial charge in [0.25, 0.3) is 0 Å². The Morgan fingerprint density at radius 3 is 2.32 bits per heavy atom. The van der Waals surface area contributed by atoms with Crippen LogP contribution in [0.15, 0.2) is 71.8 Å². The zero-order chi connectivity index (χ0) is 29.3. The summed E-state index contributed by atoms with van der Waals surface area (Å²) in [6.07, 6.45) is 0. The van der Waals surface area contributed by atoms with Crippen molar-refractivity contribution in [1.82, 2.24) is 9.55 Å². The van der Waals surface area contributed by atoms with Gasteiger partial charge in [-0.25, -0.2) is 4.98 Å². The van der Waals surface area contributed by atoms with Gasteiger partial charge in [-0.3, -0.25) is 4.79 Å². The summed E-state index contributed by atoms with van der Waals surface area (Å²) in [7, 11) is 0. The van der Waals surface area contributed by atoms with Gasteiger partial charge in [-0.05, 0) is 55.2 Å². The van der Waals surface area contributed by atoms with Crippen molar-refractivity contribution in [3.63, 3.8) is 0 Å². The highest BCUT2D eigenvalue weighted by molar-refractivity contribution is 8.00. The summed E-state index contributed by atoms with van der Waals surface area (Å²) in [5.41, 5.74) is 11.8. The minimum Gasteiger partial charge on any atom is -0.383 e. The lowest BCUT2D eigenvalue weighted by Gasteiger charge is -2.16. The molecule has 0 aliphatic carbocycles. The number of nitrogens with two attached hydrogens (primary N) is 1. The van der Waals surface area contributed by atoms with Crippen LogP contribution < -0.4 is 11.1 Å². The van der Waals surface area contributed by atoms with Gasteiger partial charge >= 0.3 is 0 Å². The summed E-state index contributed by atoms with van der Waals surface area (Å²) in [6.45, 7) is 8.92. The highest BCUT2D eigenvalue weighted by Crippen LogP contribution is 2.38. The molecule has 0 fully saturated rings. The summed E-state index contributed by atoms with van der Waals surface area (Å²) >= 11 is 1.15. The average molecular weight is 559 g/mol. The summed E-state index contributed by atoms with van der Waals surface area (Å²) in [4.78, 5) is 17.7. The van der Waals surface area contributed by atoms with E-state index in [2.05, 4.69) is 59.9 Å². The van der Waals surface area contributed by atoms with Crippen molar-refractivity contribution in [2.24, 2.45) is 0 Å². The molecular formula is C33H30N6OS. The number of aromatic nitrogens is 2. The van der Waals surface area contributed by atoms with E-state index < -0.39 is 5.25 Å². The Balaban J connectivity index is 1.45. The number of hydrogen-bond acceptors (Lipinski definition) is 6. The van der Waals surface area contributed by atoms with Crippen LogP contribution in [0.1, 0.15) is 50.3 Å². The number of thioether (sulfide) groups is 1. The van der Waals surface area contributed by atoms with Gasteiger partial charge in [0.15, 0.2) is 0 Å². The number of amides is 1. The summed E-state index contributed by atoms with van der Waals surface area (Å²) < 4.78 is 2.26. The molecule has 3 aromatic carbocycles. The van der Waals surface area contributed by atoms with Gasteiger partial charge in [-0.1, -0.05) is 68.1 Å². The SMILES string of the molecule is CCn1c2ccccc2c2cc(NC(=O)C(C)Sc3nc(N)c(C#N)c(-c4ccc(C(C)C)cc4)c3C#N)ccc21. The van der Waals surface area contributed by atoms with Crippen molar-refractivity contribution in [3.05, 3.63) is 83.4 Å². The second kappa shape index (κ2) is 11.4. The number of carbonyl (C=O) groups is 1. The van der Waals surface area contributed by atoms with Crippen molar-refractivity contribution < 1.29 is 4.79 Å². The Kier molecular flexibility index (Phi) is 7.70. The lowest BCUT2D eigenvalue weighted by Crippen LogP contribution is -2.22. The maximum atomic E-state index is 13.3. The van der Waals surface area contributed by atoms with Crippen molar-refractivity contribution >= 4 is 51.0 Å². The first-order valence-corrected chi connectivity index (χ1v) is 14.4. The molecule has 0 saturated heterocycles. The molecule has 2 heterocycles. The first-order valence-electron chi connectivity index (χ1n) is 13.5. The van der Waals surface area contributed by atoms with Gasteiger partial charge in [0.05, 0.1) is 10.8 Å². The zero-order valence-corrected chi connectivity index (χ0v) is 24.2. The molecule has 0 bridgehead atoms. The first kappa shape index (κ1) is 27.8. The number of anilines is 2. The second-order valence-electron chi connectivity index (χ2n) is 10.2. The fourth-order valence-corrected chi connectivity index (χ4v) is 6.06. The largest absolute Gasteiger partial charge is 0.383 e. The molecule has 3 N–H and O–H groups in total.